The van der Waals surface area contributed by atoms with Crippen LogP contribution in [0.2, 0.25) is 5.02 Å². The molecule has 0 unspecified atom stereocenters. The maximum Gasteiger partial charge on any atom is 0.235 e. The zero-order valence-electron chi connectivity index (χ0n) is 9.19. The van der Waals surface area contributed by atoms with E-state index >= 15 is 0 Å². The molecule has 94 valence electrons. The molecule has 1 fully saturated rings. The molecule has 17 heavy (non-hydrogen) atoms. The van der Waals surface area contributed by atoms with Gasteiger partial charge in [-0.25, -0.2) is 8.42 Å². The van der Waals surface area contributed by atoms with Crippen LogP contribution in [0.3, 0.4) is 0 Å². The number of rotatable bonds is 2. The number of hydrogen-bond acceptors (Lipinski definition) is 4. The Morgan fingerprint density at radius 1 is 1.35 bits per heavy atom. The van der Waals surface area contributed by atoms with Crippen molar-refractivity contribution in [2.75, 3.05) is 22.0 Å². The van der Waals surface area contributed by atoms with Gasteiger partial charge >= 0.3 is 0 Å². The monoisotopic (exact) mass is 275 g/mol. The van der Waals surface area contributed by atoms with Gasteiger partial charge in [-0.1, -0.05) is 11.6 Å². The predicted octanol–water partition coefficient (Wildman–Crippen LogP) is 1.56. The molecule has 0 radical (unpaired) electrons. The summed E-state index contributed by atoms with van der Waals surface area (Å²) in [6, 6.07) is 4.98. The van der Waals surface area contributed by atoms with Crippen LogP contribution < -0.4 is 15.6 Å². The number of halogens is 1. The predicted molar refractivity (Wildman–Crippen MR) is 69.6 cm³/mol. The molecule has 1 aliphatic rings. The zero-order chi connectivity index (χ0) is 12.5. The quantitative estimate of drug-likeness (QED) is 0.634. The van der Waals surface area contributed by atoms with Crippen molar-refractivity contribution in [3.05, 3.63) is 23.2 Å². The number of sulfonamides is 1. The van der Waals surface area contributed by atoms with E-state index in [1.807, 2.05) is 0 Å². The summed E-state index contributed by atoms with van der Waals surface area (Å²) in [6.07, 6.45) is 1.56. The van der Waals surface area contributed by atoms with E-state index in [4.69, 9.17) is 17.4 Å². The molecule has 0 amide bonds. The number of nitrogens with zero attached hydrogens (tertiary/aromatic N) is 1. The van der Waals surface area contributed by atoms with Gasteiger partial charge in [-0.15, -0.1) is 0 Å². The maximum absolute atomic E-state index is 11.9. The molecular weight excluding hydrogens is 262 g/mol. The van der Waals surface area contributed by atoms with E-state index in [0.717, 1.165) is 6.42 Å². The fourth-order valence-electron chi connectivity index (χ4n) is 1.86. The SMILES string of the molecule is NNc1ccc(N2CCCCS2(=O)=O)c(Cl)c1. The summed E-state index contributed by atoms with van der Waals surface area (Å²) in [5, 5.41) is 0.380. The molecule has 0 spiro atoms. The highest BCUT2D eigenvalue weighted by Gasteiger charge is 2.27. The second kappa shape index (κ2) is 4.72. The number of hydrazine groups is 1. The van der Waals surface area contributed by atoms with Gasteiger partial charge in [0.15, 0.2) is 0 Å². The fourth-order valence-corrected chi connectivity index (χ4v) is 3.85. The number of nitrogens with two attached hydrogens (primary N) is 1. The van der Waals surface area contributed by atoms with Gasteiger partial charge in [-0.05, 0) is 31.0 Å². The minimum atomic E-state index is -3.22. The molecule has 1 aromatic carbocycles. The number of anilines is 2. The Hall–Kier alpha value is -0.980. The van der Waals surface area contributed by atoms with Crippen LogP contribution in [-0.2, 0) is 10.0 Å². The van der Waals surface area contributed by atoms with Crippen LogP contribution in [-0.4, -0.2) is 20.7 Å². The second-order valence-electron chi connectivity index (χ2n) is 3.91. The lowest BCUT2D eigenvalue weighted by molar-refractivity contribution is 0.574. The molecular formula is C10H14ClN3O2S. The first kappa shape index (κ1) is 12.5. The number of nitrogens with one attached hydrogen (secondary N) is 1. The van der Waals surface area contributed by atoms with Crippen LogP contribution in [0.4, 0.5) is 11.4 Å². The van der Waals surface area contributed by atoms with E-state index in [1.54, 1.807) is 18.2 Å². The van der Waals surface area contributed by atoms with Gasteiger partial charge in [0.2, 0.25) is 10.0 Å². The Bertz CT molecular complexity index is 518. The van der Waals surface area contributed by atoms with E-state index < -0.39 is 10.0 Å². The minimum Gasteiger partial charge on any atom is -0.324 e. The Kier molecular flexibility index (Phi) is 3.46. The molecule has 1 aromatic rings. The second-order valence-corrected chi connectivity index (χ2v) is 6.33. The Balaban J connectivity index is 2.39. The number of nitrogen functional groups attached to an aromatic ring is 1. The normalized spacial score (nSPS) is 19.1. The average Bonchev–Trinajstić information content (AvgIpc) is 2.29. The lowest BCUT2D eigenvalue weighted by Gasteiger charge is -2.29. The molecule has 3 N–H and O–H groups in total. The molecule has 7 heteroatoms. The topological polar surface area (TPSA) is 75.4 Å². The first-order valence-corrected chi connectivity index (χ1v) is 7.30. The van der Waals surface area contributed by atoms with Gasteiger partial charge in [-0.2, -0.15) is 0 Å². The first-order valence-electron chi connectivity index (χ1n) is 5.31. The van der Waals surface area contributed by atoms with Crippen LogP contribution in [0.25, 0.3) is 0 Å². The van der Waals surface area contributed by atoms with Crippen molar-refractivity contribution in [2.45, 2.75) is 12.8 Å². The van der Waals surface area contributed by atoms with Crippen LogP contribution >= 0.6 is 11.6 Å². The summed E-state index contributed by atoms with van der Waals surface area (Å²) in [7, 11) is -3.22. The van der Waals surface area contributed by atoms with Crippen molar-refractivity contribution in [2.24, 2.45) is 5.84 Å². The Morgan fingerprint density at radius 2 is 2.12 bits per heavy atom. The number of benzene rings is 1. The molecule has 0 saturated carbocycles. The van der Waals surface area contributed by atoms with Gasteiger partial charge < -0.3 is 5.43 Å². The van der Waals surface area contributed by atoms with Crippen molar-refractivity contribution in [3.8, 4) is 0 Å². The van der Waals surface area contributed by atoms with Crippen LogP contribution in [0.15, 0.2) is 18.2 Å². The minimum absolute atomic E-state index is 0.181. The highest BCUT2D eigenvalue weighted by molar-refractivity contribution is 7.92. The van der Waals surface area contributed by atoms with Crippen LogP contribution in [0.1, 0.15) is 12.8 Å². The van der Waals surface area contributed by atoms with Gasteiger partial charge in [-0.3, -0.25) is 10.1 Å². The highest BCUT2D eigenvalue weighted by atomic mass is 35.5. The van der Waals surface area contributed by atoms with Crippen LogP contribution in [0, 0.1) is 0 Å². The summed E-state index contributed by atoms with van der Waals surface area (Å²) in [5.41, 5.74) is 3.63. The largest absolute Gasteiger partial charge is 0.324 e. The summed E-state index contributed by atoms with van der Waals surface area (Å²) in [5.74, 6) is 5.44. The lowest BCUT2D eigenvalue weighted by atomic mass is 10.2. The summed E-state index contributed by atoms with van der Waals surface area (Å²) < 4.78 is 25.2. The third-order valence-corrected chi connectivity index (χ3v) is 4.89. The molecule has 1 aliphatic heterocycles. The Morgan fingerprint density at radius 3 is 2.71 bits per heavy atom. The maximum atomic E-state index is 11.9. The molecule has 1 heterocycles. The van der Waals surface area contributed by atoms with Gasteiger partial charge in [0.1, 0.15) is 0 Å². The van der Waals surface area contributed by atoms with Gasteiger partial charge in [0, 0.05) is 6.54 Å². The molecule has 0 bridgehead atoms. The first-order chi connectivity index (χ1) is 8.04. The molecule has 1 saturated heterocycles. The summed E-state index contributed by atoms with van der Waals surface area (Å²) in [4.78, 5) is 0. The van der Waals surface area contributed by atoms with E-state index in [1.165, 1.54) is 4.31 Å². The lowest BCUT2D eigenvalue weighted by Crippen LogP contribution is -2.38. The van der Waals surface area contributed by atoms with E-state index in [-0.39, 0.29) is 5.75 Å². The standard InChI is InChI=1S/C10H14ClN3O2S/c11-9-7-8(13-12)3-4-10(9)14-5-1-2-6-17(14,15)16/h3-4,7,13H,1-2,5-6,12H2. The van der Waals surface area contributed by atoms with Crippen molar-refractivity contribution in [1.29, 1.82) is 0 Å². The van der Waals surface area contributed by atoms with Gasteiger partial charge in [0.05, 0.1) is 22.2 Å². The van der Waals surface area contributed by atoms with E-state index in [0.29, 0.717) is 29.4 Å². The smallest absolute Gasteiger partial charge is 0.235 e. The Labute approximate surface area is 106 Å². The highest BCUT2D eigenvalue weighted by Crippen LogP contribution is 2.32. The fraction of sp³-hybridized carbons (Fsp3) is 0.400. The van der Waals surface area contributed by atoms with Crippen molar-refractivity contribution >= 4 is 33.0 Å². The van der Waals surface area contributed by atoms with Crippen molar-refractivity contribution < 1.29 is 8.42 Å². The van der Waals surface area contributed by atoms with E-state index in [9.17, 15) is 8.42 Å². The average molecular weight is 276 g/mol. The van der Waals surface area contributed by atoms with Crippen LogP contribution in [0.5, 0.6) is 0 Å². The molecule has 5 nitrogen and oxygen atoms in total. The molecule has 0 aliphatic carbocycles. The van der Waals surface area contributed by atoms with Gasteiger partial charge in [0.25, 0.3) is 0 Å². The van der Waals surface area contributed by atoms with E-state index in [2.05, 4.69) is 5.43 Å². The number of hydrogen-bond donors (Lipinski definition) is 2. The molecule has 0 atom stereocenters. The van der Waals surface area contributed by atoms with Crippen molar-refractivity contribution in [1.82, 2.24) is 0 Å². The molecule has 2 rings (SSSR count). The third-order valence-electron chi connectivity index (χ3n) is 2.73. The van der Waals surface area contributed by atoms with Crippen molar-refractivity contribution in [3.63, 3.8) is 0 Å². The molecule has 0 aromatic heterocycles. The zero-order valence-corrected chi connectivity index (χ0v) is 10.8. The summed E-state index contributed by atoms with van der Waals surface area (Å²) >= 11 is 6.07. The summed E-state index contributed by atoms with van der Waals surface area (Å²) in [6.45, 7) is 0.484. The third kappa shape index (κ3) is 2.48.